The molecule has 0 aromatic rings. The van der Waals surface area contributed by atoms with E-state index in [4.69, 9.17) is 5.73 Å². The van der Waals surface area contributed by atoms with Crippen molar-refractivity contribution < 1.29 is 0 Å². The molecule has 6 heavy (non-hydrogen) atoms. The molecule has 0 bridgehead atoms. The average Bonchev–Trinajstić information content (AvgIpc) is 1.86. The predicted molar refractivity (Wildman–Crippen MR) is 25.1 cm³/mol. The van der Waals surface area contributed by atoms with Crippen LogP contribution in [0, 0.1) is 0 Å². The van der Waals surface area contributed by atoms with Crippen LogP contribution in [0.1, 0.15) is 0 Å². The second kappa shape index (κ2) is 1.30. The van der Waals surface area contributed by atoms with Crippen LogP contribution >= 0.6 is 0 Å². The first-order chi connectivity index (χ1) is 2.89. The van der Waals surface area contributed by atoms with Crippen molar-refractivity contribution in [1.29, 1.82) is 0 Å². The summed E-state index contributed by atoms with van der Waals surface area (Å²) in [6.07, 6.45) is 3.82. The fraction of sp³-hybridized carbons (Fsp3) is 0.500. The van der Waals surface area contributed by atoms with E-state index in [0.29, 0.717) is 0 Å². The van der Waals surface area contributed by atoms with E-state index in [-0.39, 0.29) is 6.04 Å². The number of nitrogens with two attached hydrogens (primary N) is 1. The van der Waals surface area contributed by atoms with E-state index in [0.717, 1.165) is 6.54 Å². The number of rotatable bonds is 0. The highest BCUT2D eigenvalue weighted by Gasteiger charge is 1.97. The quantitative estimate of drug-likeness (QED) is 0.412. The lowest BCUT2D eigenvalue weighted by atomic mass is 10.4. The van der Waals surface area contributed by atoms with Gasteiger partial charge in [-0.25, -0.2) is 0 Å². The van der Waals surface area contributed by atoms with Crippen molar-refractivity contribution in [3.05, 3.63) is 12.3 Å². The monoisotopic (exact) mass is 84.1 g/mol. The molecular weight excluding hydrogens is 76.1 g/mol. The Kier molecular flexibility index (Phi) is 0.801. The van der Waals surface area contributed by atoms with Crippen molar-refractivity contribution in [2.45, 2.75) is 6.04 Å². The van der Waals surface area contributed by atoms with Gasteiger partial charge in [-0.1, -0.05) is 6.08 Å². The highest BCUT2D eigenvalue weighted by Crippen LogP contribution is 1.84. The van der Waals surface area contributed by atoms with Gasteiger partial charge in [0, 0.05) is 12.6 Å². The molecule has 1 aliphatic rings. The molecule has 3 N–H and O–H groups in total. The highest BCUT2D eigenvalue weighted by molar-refractivity contribution is 4.98. The minimum absolute atomic E-state index is 0.255. The van der Waals surface area contributed by atoms with Gasteiger partial charge in [-0.05, 0) is 6.20 Å². The molecular formula is C4H8N2. The van der Waals surface area contributed by atoms with Gasteiger partial charge in [-0.2, -0.15) is 0 Å². The van der Waals surface area contributed by atoms with Gasteiger partial charge in [0.15, 0.2) is 0 Å². The van der Waals surface area contributed by atoms with E-state index in [2.05, 4.69) is 5.32 Å². The summed E-state index contributed by atoms with van der Waals surface area (Å²) in [6.45, 7) is 0.903. The van der Waals surface area contributed by atoms with Crippen molar-refractivity contribution in [3.63, 3.8) is 0 Å². The molecule has 0 unspecified atom stereocenters. The minimum atomic E-state index is 0.255. The van der Waals surface area contributed by atoms with Crippen LogP contribution in [0.25, 0.3) is 0 Å². The van der Waals surface area contributed by atoms with E-state index in [9.17, 15) is 0 Å². The molecule has 1 atom stereocenters. The Balaban J connectivity index is 2.38. The summed E-state index contributed by atoms with van der Waals surface area (Å²) in [5.41, 5.74) is 5.39. The summed E-state index contributed by atoms with van der Waals surface area (Å²) in [5.74, 6) is 0. The van der Waals surface area contributed by atoms with Crippen molar-refractivity contribution in [1.82, 2.24) is 5.32 Å². The van der Waals surface area contributed by atoms with E-state index >= 15 is 0 Å². The van der Waals surface area contributed by atoms with Crippen molar-refractivity contribution in [2.24, 2.45) is 5.73 Å². The standard InChI is InChI=1S/C4H8N2/c5-4-1-2-6-3-4/h1-2,4,6H,3,5H2/t4-/m0/s1. The molecule has 0 amide bonds. The molecule has 0 radical (unpaired) electrons. The van der Waals surface area contributed by atoms with Crippen LogP contribution in [0.4, 0.5) is 0 Å². The summed E-state index contributed by atoms with van der Waals surface area (Å²) in [4.78, 5) is 0. The van der Waals surface area contributed by atoms with Crippen LogP contribution in [0.15, 0.2) is 12.3 Å². The molecule has 2 heteroatoms. The van der Waals surface area contributed by atoms with Crippen LogP contribution < -0.4 is 11.1 Å². The van der Waals surface area contributed by atoms with Gasteiger partial charge in [0.25, 0.3) is 0 Å². The fourth-order valence-electron chi connectivity index (χ4n) is 0.464. The topological polar surface area (TPSA) is 38.0 Å². The molecule has 0 aliphatic carbocycles. The van der Waals surface area contributed by atoms with Gasteiger partial charge in [0.05, 0.1) is 0 Å². The summed E-state index contributed by atoms with van der Waals surface area (Å²) < 4.78 is 0. The summed E-state index contributed by atoms with van der Waals surface area (Å²) >= 11 is 0. The minimum Gasteiger partial charge on any atom is -0.389 e. The number of hydrogen-bond acceptors (Lipinski definition) is 2. The molecule has 0 fully saturated rings. The van der Waals surface area contributed by atoms with Crippen LogP contribution in [0.5, 0.6) is 0 Å². The van der Waals surface area contributed by atoms with Gasteiger partial charge < -0.3 is 11.1 Å². The number of nitrogens with one attached hydrogen (secondary N) is 1. The van der Waals surface area contributed by atoms with Crippen LogP contribution in [-0.4, -0.2) is 12.6 Å². The first kappa shape index (κ1) is 3.68. The molecule has 0 saturated heterocycles. The van der Waals surface area contributed by atoms with Gasteiger partial charge in [0.2, 0.25) is 0 Å². The normalized spacial score (nSPS) is 30.5. The zero-order valence-corrected chi connectivity index (χ0v) is 3.52. The third-order valence-corrected chi connectivity index (χ3v) is 0.815. The molecule has 0 aromatic heterocycles. The molecule has 1 rings (SSSR count). The summed E-state index contributed by atoms with van der Waals surface area (Å²) in [7, 11) is 0. The largest absolute Gasteiger partial charge is 0.389 e. The van der Waals surface area contributed by atoms with E-state index in [1.807, 2.05) is 12.3 Å². The van der Waals surface area contributed by atoms with E-state index in [1.165, 1.54) is 0 Å². The lowest BCUT2D eigenvalue weighted by Crippen LogP contribution is -2.22. The smallest absolute Gasteiger partial charge is 0.0416 e. The van der Waals surface area contributed by atoms with Gasteiger partial charge >= 0.3 is 0 Å². The lowest BCUT2D eigenvalue weighted by Gasteiger charge is -1.92. The maximum absolute atomic E-state index is 5.39. The maximum Gasteiger partial charge on any atom is 0.0416 e. The Morgan fingerprint density at radius 1 is 1.83 bits per heavy atom. The Hall–Kier alpha value is -0.500. The van der Waals surface area contributed by atoms with Crippen LogP contribution in [0.2, 0.25) is 0 Å². The Morgan fingerprint density at radius 3 is 2.83 bits per heavy atom. The first-order valence-electron chi connectivity index (χ1n) is 2.05. The van der Waals surface area contributed by atoms with E-state index < -0.39 is 0 Å². The second-order valence-electron chi connectivity index (χ2n) is 1.43. The zero-order chi connectivity index (χ0) is 4.41. The molecule has 34 valence electrons. The second-order valence-corrected chi connectivity index (χ2v) is 1.43. The SMILES string of the molecule is N[C@H]1C=CNC1. The fourth-order valence-corrected chi connectivity index (χ4v) is 0.464. The van der Waals surface area contributed by atoms with Gasteiger partial charge in [-0.15, -0.1) is 0 Å². The third-order valence-electron chi connectivity index (χ3n) is 0.815. The summed E-state index contributed by atoms with van der Waals surface area (Å²) in [5, 5.41) is 2.97. The number of hydrogen-bond donors (Lipinski definition) is 2. The maximum atomic E-state index is 5.39. The molecule has 0 saturated carbocycles. The lowest BCUT2D eigenvalue weighted by molar-refractivity contribution is 0.795. The van der Waals surface area contributed by atoms with E-state index in [1.54, 1.807) is 0 Å². The first-order valence-corrected chi connectivity index (χ1v) is 2.05. The van der Waals surface area contributed by atoms with Gasteiger partial charge in [0.1, 0.15) is 0 Å². The highest BCUT2D eigenvalue weighted by atomic mass is 14.9. The van der Waals surface area contributed by atoms with Crippen molar-refractivity contribution in [3.8, 4) is 0 Å². The molecule has 1 aliphatic heterocycles. The molecule has 0 aromatic carbocycles. The van der Waals surface area contributed by atoms with Crippen LogP contribution in [-0.2, 0) is 0 Å². The third kappa shape index (κ3) is 0.518. The summed E-state index contributed by atoms with van der Waals surface area (Å²) in [6, 6.07) is 0.255. The predicted octanol–water partition coefficient (Wildman–Crippen LogP) is -0.569. The zero-order valence-electron chi connectivity index (χ0n) is 3.52. The molecule has 2 nitrogen and oxygen atoms in total. The molecule has 1 heterocycles. The van der Waals surface area contributed by atoms with Crippen molar-refractivity contribution in [2.75, 3.05) is 6.54 Å². The Bertz CT molecular complexity index is 67.9. The Morgan fingerprint density at radius 2 is 2.67 bits per heavy atom. The van der Waals surface area contributed by atoms with Crippen LogP contribution in [0.3, 0.4) is 0 Å². The van der Waals surface area contributed by atoms with Gasteiger partial charge in [-0.3, -0.25) is 0 Å². The Labute approximate surface area is 37.0 Å². The van der Waals surface area contributed by atoms with Crippen molar-refractivity contribution >= 4 is 0 Å². The molecule has 0 spiro atoms. The average molecular weight is 84.1 g/mol.